The Morgan fingerprint density at radius 3 is 2.73 bits per heavy atom. The van der Waals surface area contributed by atoms with Crippen molar-refractivity contribution in [2.45, 2.75) is 32.8 Å². The molecule has 0 bridgehead atoms. The molecule has 0 aliphatic carbocycles. The zero-order chi connectivity index (χ0) is 11.7. The highest BCUT2D eigenvalue weighted by Crippen LogP contribution is 2.39. The lowest BCUT2D eigenvalue weighted by Crippen LogP contribution is -2.39. The van der Waals surface area contributed by atoms with Gasteiger partial charge in [0.25, 0.3) is 0 Å². The van der Waals surface area contributed by atoms with Crippen LogP contribution in [0.25, 0.3) is 0 Å². The summed E-state index contributed by atoms with van der Waals surface area (Å²) in [6.45, 7) is 7.32. The van der Waals surface area contributed by atoms with Crippen LogP contribution in [0, 0.1) is 11.3 Å². The molecule has 0 spiro atoms. The van der Waals surface area contributed by atoms with Crippen LogP contribution in [-0.2, 0) is 9.53 Å². The van der Waals surface area contributed by atoms with Gasteiger partial charge in [0.1, 0.15) is 0 Å². The average Bonchev–Trinajstić information content (AvgIpc) is 2.46. The first-order valence-corrected chi connectivity index (χ1v) is 5.29. The maximum Gasteiger partial charge on any atom is 0.308 e. The fourth-order valence-corrected chi connectivity index (χ4v) is 2.49. The Balaban J connectivity index is 2.77. The smallest absolute Gasteiger partial charge is 0.308 e. The summed E-state index contributed by atoms with van der Waals surface area (Å²) in [5.74, 6) is -1.03. The van der Waals surface area contributed by atoms with E-state index in [1.165, 1.54) is 0 Å². The van der Waals surface area contributed by atoms with Crippen molar-refractivity contribution in [1.29, 1.82) is 0 Å². The lowest BCUT2D eigenvalue weighted by atomic mass is 9.73. The van der Waals surface area contributed by atoms with Crippen molar-refractivity contribution < 1.29 is 14.6 Å². The van der Waals surface area contributed by atoms with Crippen molar-refractivity contribution in [3.63, 3.8) is 0 Å². The number of nitrogens with one attached hydrogen (secondary N) is 1. The molecule has 88 valence electrons. The SMILES string of the molecule is COC(C)(C)CC1(C)CNCC1C(=O)O. The Kier molecular flexibility index (Phi) is 3.41. The molecule has 1 saturated heterocycles. The van der Waals surface area contributed by atoms with Crippen molar-refractivity contribution in [3.05, 3.63) is 0 Å². The van der Waals surface area contributed by atoms with Crippen LogP contribution in [0.1, 0.15) is 27.2 Å². The van der Waals surface area contributed by atoms with Crippen LogP contribution in [0.15, 0.2) is 0 Å². The lowest BCUT2D eigenvalue weighted by molar-refractivity contribution is -0.145. The number of aliphatic carboxylic acids is 1. The largest absolute Gasteiger partial charge is 0.481 e. The summed E-state index contributed by atoms with van der Waals surface area (Å²) in [5.41, 5.74) is -0.486. The quantitative estimate of drug-likeness (QED) is 0.737. The number of rotatable bonds is 4. The topological polar surface area (TPSA) is 58.6 Å². The maximum absolute atomic E-state index is 11.1. The molecule has 15 heavy (non-hydrogen) atoms. The van der Waals surface area contributed by atoms with Gasteiger partial charge in [0.05, 0.1) is 11.5 Å². The fourth-order valence-electron chi connectivity index (χ4n) is 2.49. The van der Waals surface area contributed by atoms with E-state index in [1.807, 2.05) is 20.8 Å². The summed E-state index contributed by atoms with van der Waals surface area (Å²) in [7, 11) is 1.67. The predicted octanol–water partition coefficient (Wildman–Crippen LogP) is 1.11. The van der Waals surface area contributed by atoms with E-state index in [0.29, 0.717) is 6.54 Å². The molecule has 0 radical (unpaired) electrons. The highest BCUT2D eigenvalue weighted by Gasteiger charge is 2.46. The third-order valence-corrected chi connectivity index (χ3v) is 3.40. The predicted molar refractivity (Wildman–Crippen MR) is 57.8 cm³/mol. The summed E-state index contributed by atoms with van der Waals surface area (Å²) in [6.07, 6.45) is 0.750. The van der Waals surface area contributed by atoms with E-state index in [-0.39, 0.29) is 16.9 Å². The molecular weight excluding hydrogens is 194 g/mol. The zero-order valence-electron chi connectivity index (χ0n) is 9.96. The summed E-state index contributed by atoms with van der Waals surface area (Å²) in [4.78, 5) is 11.1. The maximum atomic E-state index is 11.1. The van der Waals surface area contributed by atoms with Crippen LogP contribution in [0.2, 0.25) is 0 Å². The molecule has 0 aromatic carbocycles. The van der Waals surface area contributed by atoms with Gasteiger partial charge in [-0.2, -0.15) is 0 Å². The van der Waals surface area contributed by atoms with Crippen LogP contribution in [0.3, 0.4) is 0 Å². The third kappa shape index (κ3) is 2.69. The molecule has 1 aliphatic rings. The van der Waals surface area contributed by atoms with E-state index >= 15 is 0 Å². The van der Waals surface area contributed by atoms with Crippen molar-refractivity contribution >= 4 is 5.97 Å². The van der Waals surface area contributed by atoms with Gasteiger partial charge in [0.15, 0.2) is 0 Å². The summed E-state index contributed by atoms with van der Waals surface area (Å²) in [5, 5.41) is 12.3. The molecule has 1 rings (SSSR count). The van der Waals surface area contributed by atoms with Gasteiger partial charge >= 0.3 is 5.97 Å². The Morgan fingerprint density at radius 2 is 2.27 bits per heavy atom. The van der Waals surface area contributed by atoms with Crippen molar-refractivity contribution in [1.82, 2.24) is 5.32 Å². The van der Waals surface area contributed by atoms with Crippen LogP contribution < -0.4 is 5.32 Å². The van der Waals surface area contributed by atoms with Gasteiger partial charge in [-0.1, -0.05) is 6.92 Å². The van der Waals surface area contributed by atoms with Crippen molar-refractivity contribution in [2.75, 3.05) is 20.2 Å². The van der Waals surface area contributed by atoms with Gasteiger partial charge in [0, 0.05) is 20.2 Å². The van der Waals surface area contributed by atoms with E-state index in [2.05, 4.69) is 5.32 Å². The number of carboxylic acid groups (broad SMARTS) is 1. The highest BCUT2D eigenvalue weighted by molar-refractivity contribution is 5.72. The van der Waals surface area contributed by atoms with E-state index in [0.717, 1.165) is 13.0 Å². The minimum absolute atomic E-state index is 0.217. The van der Waals surface area contributed by atoms with Gasteiger partial charge < -0.3 is 15.2 Å². The molecule has 0 amide bonds. The standard InChI is InChI=1S/C11H21NO3/c1-10(2,15-4)6-11(3)7-12-5-8(11)9(13)14/h8,12H,5-7H2,1-4H3,(H,13,14). The monoisotopic (exact) mass is 215 g/mol. The van der Waals surface area contributed by atoms with Crippen LogP contribution in [-0.4, -0.2) is 36.9 Å². The van der Waals surface area contributed by atoms with Gasteiger partial charge in [0.2, 0.25) is 0 Å². The second kappa shape index (κ2) is 4.10. The van der Waals surface area contributed by atoms with E-state index in [1.54, 1.807) is 7.11 Å². The second-order valence-electron chi connectivity index (χ2n) is 5.32. The van der Waals surface area contributed by atoms with Crippen molar-refractivity contribution in [3.8, 4) is 0 Å². The molecule has 1 heterocycles. The normalized spacial score (nSPS) is 31.9. The van der Waals surface area contributed by atoms with Gasteiger partial charge in [-0.05, 0) is 25.7 Å². The lowest BCUT2D eigenvalue weighted by Gasteiger charge is -2.35. The Bertz CT molecular complexity index is 252. The Labute approximate surface area is 91.0 Å². The second-order valence-corrected chi connectivity index (χ2v) is 5.32. The molecule has 0 aromatic heterocycles. The van der Waals surface area contributed by atoms with E-state index in [4.69, 9.17) is 9.84 Å². The van der Waals surface area contributed by atoms with Gasteiger partial charge in [-0.3, -0.25) is 4.79 Å². The first kappa shape index (κ1) is 12.5. The number of carboxylic acids is 1. The minimum atomic E-state index is -0.714. The molecule has 4 nitrogen and oxygen atoms in total. The Morgan fingerprint density at radius 1 is 1.67 bits per heavy atom. The van der Waals surface area contributed by atoms with Crippen LogP contribution in [0.4, 0.5) is 0 Å². The molecule has 2 unspecified atom stereocenters. The first-order valence-electron chi connectivity index (χ1n) is 5.29. The number of hydrogen-bond donors (Lipinski definition) is 2. The average molecular weight is 215 g/mol. The molecule has 4 heteroatoms. The minimum Gasteiger partial charge on any atom is -0.481 e. The zero-order valence-corrected chi connectivity index (χ0v) is 9.96. The number of ether oxygens (including phenoxy) is 1. The molecule has 2 N–H and O–H groups in total. The Hall–Kier alpha value is -0.610. The summed E-state index contributed by atoms with van der Waals surface area (Å²) >= 11 is 0. The summed E-state index contributed by atoms with van der Waals surface area (Å²) in [6, 6.07) is 0. The van der Waals surface area contributed by atoms with Gasteiger partial charge in [-0.25, -0.2) is 0 Å². The van der Waals surface area contributed by atoms with E-state index < -0.39 is 5.97 Å². The summed E-state index contributed by atoms with van der Waals surface area (Å²) < 4.78 is 5.37. The van der Waals surface area contributed by atoms with Crippen LogP contribution in [0.5, 0.6) is 0 Å². The molecule has 2 atom stereocenters. The number of hydrogen-bond acceptors (Lipinski definition) is 3. The molecule has 0 aromatic rings. The van der Waals surface area contributed by atoms with E-state index in [9.17, 15) is 4.79 Å². The third-order valence-electron chi connectivity index (χ3n) is 3.40. The highest BCUT2D eigenvalue weighted by atomic mass is 16.5. The molecule has 1 fully saturated rings. The molecule has 1 aliphatic heterocycles. The van der Waals surface area contributed by atoms with Crippen molar-refractivity contribution in [2.24, 2.45) is 11.3 Å². The molecular formula is C11H21NO3. The van der Waals surface area contributed by atoms with Crippen LogP contribution >= 0.6 is 0 Å². The number of carbonyl (C=O) groups is 1. The first-order chi connectivity index (χ1) is 6.81. The molecule has 0 saturated carbocycles. The fraction of sp³-hybridized carbons (Fsp3) is 0.909. The number of methoxy groups -OCH3 is 1. The van der Waals surface area contributed by atoms with Gasteiger partial charge in [-0.15, -0.1) is 0 Å².